The van der Waals surface area contributed by atoms with Crippen molar-refractivity contribution in [3.63, 3.8) is 0 Å². The zero-order valence-corrected chi connectivity index (χ0v) is 17.0. The fraction of sp³-hybridized carbons (Fsp3) is 0.650. The van der Waals surface area contributed by atoms with E-state index in [9.17, 15) is 9.18 Å². The van der Waals surface area contributed by atoms with Crippen LogP contribution in [0.5, 0.6) is 5.88 Å². The summed E-state index contributed by atoms with van der Waals surface area (Å²) < 4.78 is 18.9. The van der Waals surface area contributed by atoms with E-state index >= 15 is 0 Å². The zero-order valence-electron chi connectivity index (χ0n) is 16.2. The summed E-state index contributed by atoms with van der Waals surface area (Å²) >= 11 is 1.68. The summed E-state index contributed by atoms with van der Waals surface area (Å²) in [7, 11) is 1.99. The van der Waals surface area contributed by atoms with Gasteiger partial charge in [-0.05, 0) is 57.1 Å². The third-order valence-electron chi connectivity index (χ3n) is 6.13. The van der Waals surface area contributed by atoms with Crippen LogP contribution in [0.3, 0.4) is 0 Å². The van der Waals surface area contributed by atoms with Crippen LogP contribution in [-0.2, 0) is 11.2 Å². The van der Waals surface area contributed by atoms with E-state index in [0.717, 1.165) is 48.7 Å². The first-order valence-electron chi connectivity index (χ1n) is 10.0. The number of thiophene rings is 1. The Morgan fingerprint density at radius 1 is 1.32 bits per heavy atom. The van der Waals surface area contributed by atoms with Crippen molar-refractivity contribution in [1.82, 2.24) is 14.9 Å². The van der Waals surface area contributed by atoms with E-state index in [-0.39, 0.29) is 24.6 Å². The molecule has 28 heavy (non-hydrogen) atoms. The molecule has 0 spiro atoms. The highest BCUT2D eigenvalue weighted by Gasteiger charge is 2.32. The van der Waals surface area contributed by atoms with E-state index in [1.54, 1.807) is 17.7 Å². The van der Waals surface area contributed by atoms with Crippen LogP contribution in [0.15, 0.2) is 6.33 Å². The molecule has 0 unspecified atom stereocenters. The second kappa shape index (κ2) is 8.29. The summed E-state index contributed by atoms with van der Waals surface area (Å²) in [5.74, 6) is 0.506. The highest BCUT2D eigenvalue weighted by atomic mass is 32.1. The Bertz CT molecular complexity index is 850. The Kier molecular flexibility index (Phi) is 5.78. The third-order valence-corrected chi connectivity index (χ3v) is 7.30. The van der Waals surface area contributed by atoms with Crippen molar-refractivity contribution in [1.29, 1.82) is 0 Å². The summed E-state index contributed by atoms with van der Waals surface area (Å²) in [6.45, 7) is 0.187. The van der Waals surface area contributed by atoms with Gasteiger partial charge >= 0.3 is 0 Å². The standard InChI is InChI=1S/C20H27FN4O2S/c1-25(9-8-21)13-3-5-14(6-4-13)27-19-18-17-12(10-16(22)26)2-7-15(17)28-20(18)24-11-23-19/h11-14H,2-10H2,1H3,(H2,22,26)/t12-,13-,14-/m1/s1. The number of nitrogens with zero attached hydrogens (tertiary/aromatic N) is 3. The van der Waals surface area contributed by atoms with Gasteiger partial charge in [0.2, 0.25) is 11.8 Å². The quantitative estimate of drug-likeness (QED) is 0.764. The smallest absolute Gasteiger partial charge is 0.225 e. The molecule has 0 bridgehead atoms. The van der Waals surface area contributed by atoms with Crippen molar-refractivity contribution in [3.05, 3.63) is 16.8 Å². The largest absolute Gasteiger partial charge is 0.474 e. The summed E-state index contributed by atoms with van der Waals surface area (Å²) in [6.07, 6.45) is 7.81. The molecule has 0 aliphatic heterocycles. The molecular weight excluding hydrogens is 379 g/mol. The minimum atomic E-state index is -0.304. The molecule has 2 aliphatic rings. The van der Waals surface area contributed by atoms with Crippen LogP contribution in [0.25, 0.3) is 10.2 Å². The highest BCUT2D eigenvalue weighted by Crippen LogP contribution is 2.47. The number of ether oxygens (including phenoxy) is 1. The molecule has 1 fully saturated rings. The number of fused-ring (bicyclic) bond motifs is 3. The average Bonchev–Trinajstić information content (AvgIpc) is 3.22. The first kappa shape index (κ1) is 19.5. The van der Waals surface area contributed by atoms with Gasteiger partial charge in [-0.1, -0.05) is 0 Å². The second-order valence-corrected chi connectivity index (χ2v) is 9.01. The van der Waals surface area contributed by atoms with Gasteiger partial charge in [0.25, 0.3) is 0 Å². The topological polar surface area (TPSA) is 81.3 Å². The summed E-state index contributed by atoms with van der Waals surface area (Å²) in [5.41, 5.74) is 6.64. The molecule has 2 aliphatic carbocycles. The van der Waals surface area contributed by atoms with Crippen molar-refractivity contribution in [2.45, 2.75) is 63.0 Å². The van der Waals surface area contributed by atoms with Crippen LogP contribution >= 0.6 is 11.3 Å². The van der Waals surface area contributed by atoms with Crippen LogP contribution in [0.1, 0.15) is 54.9 Å². The van der Waals surface area contributed by atoms with Gasteiger partial charge in [0.1, 0.15) is 23.9 Å². The number of hydrogen-bond donors (Lipinski definition) is 1. The Balaban J connectivity index is 1.52. The third kappa shape index (κ3) is 3.85. The maximum absolute atomic E-state index is 12.6. The van der Waals surface area contributed by atoms with Crippen LogP contribution in [0.2, 0.25) is 0 Å². The van der Waals surface area contributed by atoms with Gasteiger partial charge in [0.15, 0.2) is 0 Å². The van der Waals surface area contributed by atoms with E-state index in [2.05, 4.69) is 14.9 Å². The van der Waals surface area contributed by atoms with Gasteiger partial charge in [0.05, 0.1) is 5.39 Å². The maximum atomic E-state index is 12.6. The number of amides is 1. The summed E-state index contributed by atoms with van der Waals surface area (Å²) in [4.78, 5) is 24.7. The van der Waals surface area contributed by atoms with Crippen LogP contribution in [0.4, 0.5) is 4.39 Å². The fourth-order valence-electron chi connectivity index (χ4n) is 4.65. The number of halogens is 1. The zero-order chi connectivity index (χ0) is 19.7. The van der Waals surface area contributed by atoms with Crippen molar-refractivity contribution >= 4 is 27.5 Å². The molecule has 4 rings (SSSR count). The van der Waals surface area contributed by atoms with E-state index in [1.807, 2.05) is 7.05 Å². The first-order chi connectivity index (χ1) is 13.6. The predicted octanol–water partition coefficient (Wildman–Crippen LogP) is 3.19. The molecule has 2 N–H and O–H groups in total. The number of rotatable bonds is 7. The molecule has 2 aromatic rings. The molecule has 1 atom stereocenters. The Morgan fingerprint density at radius 3 is 2.82 bits per heavy atom. The number of hydrogen-bond acceptors (Lipinski definition) is 6. The van der Waals surface area contributed by atoms with Crippen molar-refractivity contribution in [2.24, 2.45) is 5.73 Å². The molecule has 0 aromatic carbocycles. The van der Waals surface area contributed by atoms with E-state index in [0.29, 0.717) is 24.9 Å². The van der Waals surface area contributed by atoms with Gasteiger partial charge in [-0.3, -0.25) is 4.79 Å². The van der Waals surface area contributed by atoms with Gasteiger partial charge in [0, 0.05) is 23.9 Å². The second-order valence-electron chi connectivity index (χ2n) is 7.92. The number of carbonyl (C=O) groups is 1. The van der Waals surface area contributed by atoms with Gasteiger partial charge in [-0.2, -0.15) is 0 Å². The number of primary amides is 1. The van der Waals surface area contributed by atoms with Crippen LogP contribution < -0.4 is 10.5 Å². The number of carbonyl (C=O) groups excluding carboxylic acids is 1. The molecule has 1 amide bonds. The molecule has 2 heterocycles. The van der Waals surface area contributed by atoms with E-state index in [1.165, 1.54) is 10.4 Å². The van der Waals surface area contributed by atoms with Crippen molar-refractivity contribution < 1.29 is 13.9 Å². The molecule has 152 valence electrons. The Hall–Kier alpha value is -1.80. The number of aryl methyl sites for hydroxylation is 1. The Morgan fingerprint density at radius 2 is 2.11 bits per heavy atom. The minimum Gasteiger partial charge on any atom is -0.474 e. The summed E-state index contributed by atoms with van der Waals surface area (Å²) in [5, 5.41) is 0.975. The number of nitrogens with two attached hydrogens (primary N) is 1. The predicted molar refractivity (Wildman–Crippen MR) is 108 cm³/mol. The van der Waals surface area contributed by atoms with Crippen molar-refractivity contribution in [2.75, 3.05) is 20.3 Å². The normalized spacial score (nSPS) is 24.6. The lowest BCUT2D eigenvalue weighted by molar-refractivity contribution is -0.118. The molecule has 2 aromatic heterocycles. The van der Waals surface area contributed by atoms with E-state index < -0.39 is 0 Å². The Labute approximate surface area is 168 Å². The van der Waals surface area contributed by atoms with Gasteiger partial charge < -0.3 is 15.4 Å². The van der Waals surface area contributed by atoms with Gasteiger partial charge in [-0.15, -0.1) is 11.3 Å². The van der Waals surface area contributed by atoms with Crippen LogP contribution in [-0.4, -0.2) is 53.2 Å². The molecule has 6 nitrogen and oxygen atoms in total. The molecule has 0 saturated heterocycles. The average molecular weight is 407 g/mol. The monoisotopic (exact) mass is 406 g/mol. The summed E-state index contributed by atoms with van der Waals surface area (Å²) in [6, 6.07) is 0.423. The maximum Gasteiger partial charge on any atom is 0.225 e. The number of alkyl halides is 1. The lowest BCUT2D eigenvalue weighted by Gasteiger charge is -2.34. The number of aromatic nitrogens is 2. The first-order valence-corrected chi connectivity index (χ1v) is 10.9. The SMILES string of the molecule is CN(CCF)[C@H]1CC[C@H](Oc2ncnc3sc4c(c23)[C@@H](CC(N)=O)CC4)CC1. The van der Waals surface area contributed by atoms with E-state index in [4.69, 9.17) is 10.5 Å². The van der Waals surface area contributed by atoms with Gasteiger partial charge in [-0.25, -0.2) is 14.4 Å². The van der Waals surface area contributed by atoms with Crippen molar-refractivity contribution in [3.8, 4) is 5.88 Å². The molecular formula is C20H27FN4O2S. The molecule has 0 radical (unpaired) electrons. The molecule has 8 heteroatoms. The lowest BCUT2D eigenvalue weighted by Crippen LogP contribution is -2.38. The minimum absolute atomic E-state index is 0.111. The lowest BCUT2D eigenvalue weighted by atomic mass is 9.92. The molecule has 1 saturated carbocycles. The van der Waals surface area contributed by atoms with Crippen LogP contribution in [0, 0.1) is 0 Å². The fourth-order valence-corrected chi connectivity index (χ4v) is 5.89. The highest BCUT2D eigenvalue weighted by molar-refractivity contribution is 7.19.